The van der Waals surface area contributed by atoms with Gasteiger partial charge in [0, 0.05) is 6.07 Å². The molecule has 0 saturated heterocycles. The van der Waals surface area contributed by atoms with E-state index in [4.69, 9.17) is 4.74 Å². The van der Waals surface area contributed by atoms with Gasteiger partial charge in [-0.2, -0.15) is 4.98 Å². The number of aromatic nitrogens is 1. The Morgan fingerprint density at radius 3 is 2.55 bits per heavy atom. The Labute approximate surface area is 128 Å². The van der Waals surface area contributed by atoms with Crippen LogP contribution in [0.25, 0.3) is 0 Å². The number of rotatable bonds is 6. The lowest BCUT2D eigenvalue weighted by Crippen LogP contribution is -2.25. The van der Waals surface area contributed by atoms with E-state index >= 15 is 0 Å². The van der Waals surface area contributed by atoms with Crippen LogP contribution in [-0.4, -0.2) is 24.8 Å². The van der Waals surface area contributed by atoms with Crippen LogP contribution in [0.2, 0.25) is 0 Å². The molecule has 7 heteroatoms. The second kappa shape index (κ2) is 5.57. The number of sulfonamides is 1. The number of alkyl halides is 1. The van der Waals surface area contributed by atoms with Gasteiger partial charge >= 0.3 is 0 Å². The highest BCUT2D eigenvalue weighted by molar-refractivity contribution is 7.92. The van der Waals surface area contributed by atoms with E-state index in [9.17, 15) is 12.8 Å². The number of hydrogen-bond donors (Lipinski definition) is 1. The van der Waals surface area contributed by atoms with Crippen molar-refractivity contribution < 1.29 is 17.5 Å². The summed E-state index contributed by atoms with van der Waals surface area (Å²) in [5, 5.41) is 0. The molecule has 116 valence electrons. The SMILES string of the molecule is O=S(=O)(CC1(F)CC1)Nc1cccc(Oc2ccccc2)n1. The topological polar surface area (TPSA) is 68.3 Å². The van der Waals surface area contributed by atoms with Gasteiger partial charge < -0.3 is 4.74 Å². The average Bonchev–Trinajstić information content (AvgIpc) is 3.15. The molecule has 1 N–H and O–H groups in total. The lowest BCUT2D eigenvalue weighted by Gasteiger charge is -2.10. The molecule has 1 saturated carbocycles. The Balaban J connectivity index is 1.71. The van der Waals surface area contributed by atoms with Crippen molar-refractivity contribution in [3.63, 3.8) is 0 Å². The Morgan fingerprint density at radius 2 is 1.86 bits per heavy atom. The fraction of sp³-hybridized carbons (Fsp3) is 0.267. The highest BCUT2D eigenvalue weighted by Gasteiger charge is 2.47. The third kappa shape index (κ3) is 3.94. The molecule has 3 rings (SSSR count). The zero-order chi connectivity index (χ0) is 15.6. The Morgan fingerprint density at radius 1 is 1.14 bits per heavy atom. The predicted octanol–water partition coefficient (Wildman–Crippen LogP) is 3.12. The zero-order valence-corrected chi connectivity index (χ0v) is 12.5. The Kier molecular flexibility index (Phi) is 3.74. The lowest BCUT2D eigenvalue weighted by molar-refractivity contribution is 0.341. The fourth-order valence-corrected chi connectivity index (χ4v) is 3.43. The van der Waals surface area contributed by atoms with Gasteiger partial charge in [-0.15, -0.1) is 0 Å². The summed E-state index contributed by atoms with van der Waals surface area (Å²) in [6.07, 6.45) is 0.580. The number of hydrogen-bond acceptors (Lipinski definition) is 4. The van der Waals surface area contributed by atoms with Gasteiger partial charge in [-0.05, 0) is 31.0 Å². The van der Waals surface area contributed by atoms with E-state index in [-0.39, 0.29) is 11.7 Å². The van der Waals surface area contributed by atoms with Gasteiger partial charge in [-0.25, -0.2) is 12.8 Å². The molecule has 1 fully saturated rings. The standard InChI is InChI=1S/C15H15FN2O3S/c16-15(9-10-15)11-22(19,20)18-13-7-4-8-14(17-13)21-12-5-2-1-3-6-12/h1-8H,9-11H2,(H,17,18). The summed E-state index contributed by atoms with van der Waals surface area (Å²) in [4.78, 5) is 4.07. The third-order valence-corrected chi connectivity index (χ3v) is 4.61. The molecule has 0 aliphatic heterocycles. The second-order valence-corrected chi connectivity index (χ2v) is 7.01. The minimum Gasteiger partial charge on any atom is -0.439 e. The van der Waals surface area contributed by atoms with E-state index < -0.39 is 21.4 Å². The Hall–Kier alpha value is -2.15. The number of halogens is 1. The van der Waals surface area contributed by atoms with Crippen molar-refractivity contribution in [2.24, 2.45) is 0 Å². The molecule has 5 nitrogen and oxygen atoms in total. The number of nitrogens with zero attached hydrogens (tertiary/aromatic N) is 1. The molecule has 2 aromatic rings. The maximum Gasteiger partial charge on any atom is 0.237 e. The zero-order valence-electron chi connectivity index (χ0n) is 11.7. The summed E-state index contributed by atoms with van der Waals surface area (Å²) in [6, 6.07) is 13.7. The van der Waals surface area contributed by atoms with Gasteiger partial charge in [0.05, 0.1) is 0 Å². The van der Waals surface area contributed by atoms with Gasteiger partial charge in [0.15, 0.2) is 0 Å². The van der Waals surface area contributed by atoms with Crippen molar-refractivity contribution in [1.82, 2.24) is 4.98 Å². The first-order valence-corrected chi connectivity index (χ1v) is 8.49. The number of ether oxygens (including phenoxy) is 1. The van der Waals surface area contributed by atoms with E-state index in [0.29, 0.717) is 18.6 Å². The second-order valence-electron chi connectivity index (χ2n) is 5.29. The van der Waals surface area contributed by atoms with E-state index in [1.807, 2.05) is 18.2 Å². The molecule has 0 unspecified atom stereocenters. The van der Waals surface area contributed by atoms with Crippen LogP contribution in [0.5, 0.6) is 11.6 Å². The molecule has 22 heavy (non-hydrogen) atoms. The molecular weight excluding hydrogens is 307 g/mol. The molecule has 0 spiro atoms. The van der Waals surface area contributed by atoms with Gasteiger partial charge in [-0.3, -0.25) is 4.72 Å². The van der Waals surface area contributed by atoms with Crippen molar-refractivity contribution in [3.8, 4) is 11.6 Å². The van der Waals surface area contributed by atoms with Crippen molar-refractivity contribution in [3.05, 3.63) is 48.5 Å². The van der Waals surface area contributed by atoms with E-state index in [1.165, 1.54) is 6.07 Å². The molecule has 1 heterocycles. The monoisotopic (exact) mass is 322 g/mol. The lowest BCUT2D eigenvalue weighted by atomic mass is 10.3. The van der Waals surface area contributed by atoms with Gasteiger partial charge in [0.2, 0.25) is 15.9 Å². The molecule has 1 aliphatic rings. The van der Waals surface area contributed by atoms with Crippen LogP contribution in [0.15, 0.2) is 48.5 Å². The van der Waals surface area contributed by atoms with E-state index in [0.717, 1.165) is 0 Å². The number of pyridine rings is 1. The van der Waals surface area contributed by atoms with Crippen LogP contribution in [0.3, 0.4) is 0 Å². The summed E-state index contributed by atoms with van der Waals surface area (Å²) in [6.45, 7) is 0. The number of para-hydroxylation sites is 1. The van der Waals surface area contributed by atoms with Gasteiger partial charge in [0.25, 0.3) is 0 Å². The third-order valence-electron chi connectivity index (χ3n) is 3.19. The minimum atomic E-state index is -3.76. The maximum atomic E-state index is 13.6. The summed E-state index contributed by atoms with van der Waals surface area (Å²) in [5.74, 6) is 0.423. The summed E-state index contributed by atoms with van der Waals surface area (Å²) >= 11 is 0. The normalized spacial score (nSPS) is 16.0. The maximum absolute atomic E-state index is 13.6. The first kappa shape index (κ1) is 14.8. The quantitative estimate of drug-likeness (QED) is 0.887. The number of benzene rings is 1. The molecule has 0 amide bonds. The van der Waals surface area contributed by atoms with Crippen LogP contribution in [0, 0.1) is 0 Å². The van der Waals surface area contributed by atoms with E-state index in [1.54, 1.807) is 24.3 Å². The van der Waals surface area contributed by atoms with Crippen LogP contribution >= 0.6 is 0 Å². The molecule has 1 aliphatic carbocycles. The Bertz CT molecular complexity index is 761. The summed E-state index contributed by atoms with van der Waals surface area (Å²) in [5.41, 5.74) is -1.58. The largest absolute Gasteiger partial charge is 0.439 e. The molecule has 0 bridgehead atoms. The van der Waals surface area contributed by atoms with E-state index in [2.05, 4.69) is 9.71 Å². The van der Waals surface area contributed by atoms with Crippen LogP contribution in [0.1, 0.15) is 12.8 Å². The van der Waals surface area contributed by atoms with Crippen LogP contribution < -0.4 is 9.46 Å². The van der Waals surface area contributed by atoms with Crippen molar-refractivity contribution in [2.75, 3.05) is 10.5 Å². The van der Waals surface area contributed by atoms with Crippen molar-refractivity contribution in [2.45, 2.75) is 18.5 Å². The van der Waals surface area contributed by atoms with Crippen LogP contribution in [-0.2, 0) is 10.0 Å². The smallest absolute Gasteiger partial charge is 0.237 e. The minimum absolute atomic E-state index is 0.109. The van der Waals surface area contributed by atoms with Crippen molar-refractivity contribution >= 4 is 15.8 Å². The highest BCUT2D eigenvalue weighted by Crippen LogP contribution is 2.41. The average molecular weight is 322 g/mol. The predicted molar refractivity (Wildman–Crippen MR) is 81.2 cm³/mol. The molecule has 1 aromatic heterocycles. The first-order chi connectivity index (χ1) is 10.4. The first-order valence-electron chi connectivity index (χ1n) is 6.84. The summed E-state index contributed by atoms with van der Waals surface area (Å²) in [7, 11) is -3.76. The van der Waals surface area contributed by atoms with Crippen LogP contribution in [0.4, 0.5) is 10.2 Å². The van der Waals surface area contributed by atoms with Crippen molar-refractivity contribution in [1.29, 1.82) is 0 Å². The highest BCUT2D eigenvalue weighted by atomic mass is 32.2. The van der Waals surface area contributed by atoms with Gasteiger partial charge in [-0.1, -0.05) is 24.3 Å². The molecule has 1 aromatic carbocycles. The summed E-state index contributed by atoms with van der Waals surface area (Å²) < 4.78 is 45.2. The molecule has 0 atom stereocenters. The number of anilines is 1. The molecular formula is C15H15FN2O3S. The molecule has 0 radical (unpaired) electrons. The fourth-order valence-electron chi connectivity index (χ4n) is 1.95. The van der Waals surface area contributed by atoms with Gasteiger partial charge in [0.1, 0.15) is 23.0 Å². The number of nitrogens with one attached hydrogen (secondary N) is 1.